The zero-order valence-corrected chi connectivity index (χ0v) is 12.2. The molecule has 20 heavy (non-hydrogen) atoms. The van der Waals surface area contributed by atoms with Crippen molar-refractivity contribution in [1.29, 1.82) is 0 Å². The molecule has 1 aromatic rings. The van der Waals surface area contributed by atoms with Crippen molar-refractivity contribution in [2.24, 2.45) is 0 Å². The first-order valence-electron chi connectivity index (χ1n) is 6.61. The first-order valence-corrected chi connectivity index (χ1v) is 6.61. The van der Waals surface area contributed by atoms with E-state index in [4.69, 9.17) is 15.2 Å². The number of hydrogen-bond acceptors (Lipinski definition) is 8. The summed E-state index contributed by atoms with van der Waals surface area (Å²) < 4.78 is 10.5. The van der Waals surface area contributed by atoms with Crippen LogP contribution in [0, 0.1) is 0 Å². The van der Waals surface area contributed by atoms with E-state index >= 15 is 0 Å². The molecular formula is C12H22N6O2. The van der Waals surface area contributed by atoms with Gasteiger partial charge in [-0.1, -0.05) is 0 Å². The van der Waals surface area contributed by atoms with Crippen LogP contribution < -0.4 is 16.0 Å². The molecule has 0 bridgehead atoms. The van der Waals surface area contributed by atoms with E-state index in [1.165, 1.54) is 0 Å². The standard InChI is InChI=1S/C12H22N6O2/c1-12(2,8-19-3)17-10-14-9(13)15-11(16-10)18-4-6-20-7-5-18/h4-8H2,1-3H3,(H3,13,14,15,16,17). The molecule has 1 aromatic heterocycles. The lowest BCUT2D eigenvalue weighted by Gasteiger charge is -2.28. The van der Waals surface area contributed by atoms with Crippen molar-refractivity contribution in [3.05, 3.63) is 0 Å². The highest BCUT2D eigenvalue weighted by molar-refractivity contribution is 5.43. The second-order valence-corrected chi connectivity index (χ2v) is 5.36. The summed E-state index contributed by atoms with van der Waals surface area (Å²) >= 11 is 0. The van der Waals surface area contributed by atoms with E-state index in [-0.39, 0.29) is 11.5 Å². The van der Waals surface area contributed by atoms with Crippen molar-refractivity contribution < 1.29 is 9.47 Å². The summed E-state index contributed by atoms with van der Waals surface area (Å²) in [4.78, 5) is 14.8. The van der Waals surface area contributed by atoms with Crippen LogP contribution in [-0.2, 0) is 9.47 Å². The summed E-state index contributed by atoms with van der Waals surface area (Å²) in [5, 5.41) is 3.21. The maximum atomic E-state index is 5.77. The predicted molar refractivity (Wildman–Crippen MR) is 76.8 cm³/mol. The number of nitrogen functional groups attached to an aromatic ring is 1. The molecule has 2 rings (SSSR count). The van der Waals surface area contributed by atoms with Crippen LogP contribution in [0.1, 0.15) is 13.8 Å². The Morgan fingerprint density at radius 2 is 2.00 bits per heavy atom. The average molecular weight is 282 g/mol. The van der Waals surface area contributed by atoms with Crippen molar-refractivity contribution in [2.45, 2.75) is 19.4 Å². The zero-order valence-electron chi connectivity index (χ0n) is 12.2. The van der Waals surface area contributed by atoms with Crippen molar-refractivity contribution in [1.82, 2.24) is 15.0 Å². The molecule has 8 nitrogen and oxygen atoms in total. The Hall–Kier alpha value is -1.67. The predicted octanol–water partition coefficient (Wildman–Crippen LogP) is 0.127. The Bertz CT molecular complexity index is 448. The third-order valence-electron chi connectivity index (χ3n) is 2.89. The SMILES string of the molecule is COCC(C)(C)Nc1nc(N)nc(N2CCOCC2)n1. The number of nitrogens with two attached hydrogens (primary N) is 1. The van der Waals surface area contributed by atoms with Crippen LogP contribution in [0.4, 0.5) is 17.8 Å². The molecule has 0 aliphatic carbocycles. The minimum absolute atomic E-state index is 0.206. The van der Waals surface area contributed by atoms with Gasteiger partial charge in [0.15, 0.2) is 0 Å². The maximum Gasteiger partial charge on any atom is 0.232 e. The number of nitrogens with one attached hydrogen (secondary N) is 1. The smallest absolute Gasteiger partial charge is 0.232 e. The molecule has 1 fully saturated rings. The lowest BCUT2D eigenvalue weighted by molar-refractivity contribution is 0.122. The molecule has 8 heteroatoms. The normalized spacial score (nSPS) is 16.2. The number of morpholine rings is 1. The number of nitrogens with zero attached hydrogens (tertiary/aromatic N) is 4. The number of methoxy groups -OCH3 is 1. The minimum Gasteiger partial charge on any atom is -0.382 e. The van der Waals surface area contributed by atoms with Crippen molar-refractivity contribution in [2.75, 3.05) is 56.0 Å². The number of rotatable bonds is 5. The van der Waals surface area contributed by atoms with E-state index in [0.717, 1.165) is 13.1 Å². The molecule has 2 heterocycles. The van der Waals surface area contributed by atoms with Gasteiger partial charge in [0.1, 0.15) is 0 Å². The number of hydrogen-bond donors (Lipinski definition) is 2. The average Bonchev–Trinajstić information content (AvgIpc) is 2.38. The highest BCUT2D eigenvalue weighted by Crippen LogP contribution is 2.16. The molecule has 0 unspecified atom stereocenters. The Kier molecular flexibility index (Phi) is 4.56. The van der Waals surface area contributed by atoms with E-state index in [0.29, 0.717) is 31.7 Å². The van der Waals surface area contributed by atoms with E-state index in [9.17, 15) is 0 Å². The quantitative estimate of drug-likeness (QED) is 0.786. The van der Waals surface area contributed by atoms with Crippen LogP contribution in [0.15, 0.2) is 0 Å². The van der Waals surface area contributed by atoms with E-state index in [2.05, 4.69) is 20.3 Å². The second-order valence-electron chi connectivity index (χ2n) is 5.36. The topological polar surface area (TPSA) is 98.4 Å². The highest BCUT2D eigenvalue weighted by atomic mass is 16.5. The fourth-order valence-corrected chi connectivity index (χ4v) is 2.04. The second kappa shape index (κ2) is 6.19. The van der Waals surface area contributed by atoms with Gasteiger partial charge in [-0.3, -0.25) is 0 Å². The fraction of sp³-hybridized carbons (Fsp3) is 0.750. The fourth-order valence-electron chi connectivity index (χ4n) is 2.04. The maximum absolute atomic E-state index is 5.77. The van der Waals surface area contributed by atoms with Crippen LogP contribution in [0.5, 0.6) is 0 Å². The third kappa shape index (κ3) is 3.91. The van der Waals surface area contributed by atoms with Gasteiger partial charge in [0.05, 0.1) is 25.4 Å². The third-order valence-corrected chi connectivity index (χ3v) is 2.89. The molecule has 1 aliphatic rings. The number of ether oxygens (including phenoxy) is 2. The van der Waals surface area contributed by atoms with Crippen LogP contribution in [0.25, 0.3) is 0 Å². The van der Waals surface area contributed by atoms with E-state index in [1.807, 2.05) is 18.7 Å². The largest absolute Gasteiger partial charge is 0.382 e. The summed E-state index contributed by atoms with van der Waals surface area (Å²) in [6, 6.07) is 0. The Balaban J connectivity index is 2.15. The number of anilines is 3. The summed E-state index contributed by atoms with van der Waals surface area (Å²) in [5.41, 5.74) is 5.48. The van der Waals surface area contributed by atoms with Gasteiger partial charge in [-0.2, -0.15) is 15.0 Å². The van der Waals surface area contributed by atoms with Gasteiger partial charge in [0, 0.05) is 20.2 Å². The van der Waals surface area contributed by atoms with Gasteiger partial charge in [-0.05, 0) is 13.8 Å². The summed E-state index contributed by atoms with van der Waals surface area (Å²) in [5.74, 6) is 1.25. The summed E-state index contributed by atoms with van der Waals surface area (Å²) in [6.45, 7) is 7.39. The molecule has 0 radical (unpaired) electrons. The van der Waals surface area contributed by atoms with Gasteiger partial charge in [0.25, 0.3) is 0 Å². The lowest BCUT2D eigenvalue weighted by Crippen LogP contribution is -2.39. The van der Waals surface area contributed by atoms with E-state index < -0.39 is 0 Å². The van der Waals surface area contributed by atoms with Crippen LogP contribution in [0.3, 0.4) is 0 Å². The first-order chi connectivity index (χ1) is 9.50. The molecule has 0 amide bonds. The van der Waals surface area contributed by atoms with Crippen LogP contribution >= 0.6 is 0 Å². The lowest BCUT2D eigenvalue weighted by atomic mass is 10.1. The Morgan fingerprint density at radius 1 is 1.30 bits per heavy atom. The highest BCUT2D eigenvalue weighted by Gasteiger charge is 2.21. The Labute approximate surface area is 118 Å². The van der Waals surface area contributed by atoms with Crippen LogP contribution in [0.2, 0.25) is 0 Å². The summed E-state index contributed by atoms with van der Waals surface area (Å²) in [6.07, 6.45) is 0. The van der Waals surface area contributed by atoms with Crippen molar-refractivity contribution in [3.63, 3.8) is 0 Å². The van der Waals surface area contributed by atoms with Gasteiger partial charge >= 0.3 is 0 Å². The molecule has 1 saturated heterocycles. The minimum atomic E-state index is -0.287. The number of aromatic nitrogens is 3. The zero-order chi connectivity index (χ0) is 14.6. The van der Waals surface area contributed by atoms with Gasteiger partial charge in [-0.15, -0.1) is 0 Å². The van der Waals surface area contributed by atoms with Crippen molar-refractivity contribution >= 4 is 17.8 Å². The van der Waals surface area contributed by atoms with Gasteiger partial charge in [0.2, 0.25) is 17.8 Å². The molecule has 0 spiro atoms. The molecule has 112 valence electrons. The molecule has 0 aromatic carbocycles. The van der Waals surface area contributed by atoms with Crippen molar-refractivity contribution in [3.8, 4) is 0 Å². The first kappa shape index (κ1) is 14.7. The van der Waals surface area contributed by atoms with Crippen LogP contribution in [-0.4, -0.2) is 60.5 Å². The van der Waals surface area contributed by atoms with Gasteiger partial charge in [-0.25, -0.2) is 0 Å². The molecule has 3 N–H and O–H groups in total. The molecule has 0 atom stereocenters. The summed E-state index contributed by atoms with van der Waals surface area (Å²) in [7, 11) is 1.66. The molecule has 0 saturated carbocycles. The van der Waals surface area contributed by atoms with E-state index in [1.54, 1.807) is 7.11 Å². The van der Waals surface area contributed by atoms with Gasteiger partial charge < -0.3 is 25.4 Å². The monoisotopic (exact) mass is 282 g/mol. The Morgan fingerprint density at radius 3 is 2.65 bits per heavy atom. The molecule has 1 aliphatic heterocycles. The molecular weight excluding hydrogens is 260 g/mol.